The van der Waals surface area contributed by atoms with Crippen molar-refractivity contribution in [2.24, 2.45) is 19.8 Å². The van der Waals surface area contributed by atoms with Gasteiger partial charge in [0, 0.05) is 45.0 Å². The van der Waals surface area contributed by atoms with Crippen LogP contribution in [0.3, 0.4) is 0 Å². The van der Waals surface area contributed by atoms with Crippen molar-refractivity contribution in [3.8, 4) is 0 Å². The number of nitrogens with zero attached hydrogens (tertiary/aromatic N) is 2. The lowest BCUT2D eigenvalue weighted by atomic mass is 10.2. The Bertz CT molecular complexity index is 1160. The topological polar surface area (TPSA) is 154 Å². The van der Waals surface area contributed by atoms with Crippen molar-refractivity contribution in [2.75, 3.05) is 17.2 Å². The highest BCUT2D eigenvalue weighted by molar-refractivity contribution is 6.08. The van der Waals surface area contributed by atoms with Crippen molar-refractivity contribution in [1.29, 1.82) is 10.8 Å². The molecule has 0 spiro atoms. The number of hydrogen-bond donors (Lipinski definition) is 6. The number of anilines is 2. The van der Waals surface area contributed by atoms with E-state index >= 15 is 0 Å². The molecule has 2 aromatic heterocycles. The number of nitrogens with one attached hydrogen (secondary N) is 5. The van der Waals surface area contributed by atoms with Gasteiger partial charge in [0.2, 0.25) is 0 Å². The van der Waals surface area contributed by atoms with E-state index in [2.05, 4.69) is 16.0 Å². The smallest absolute Gasteiger partial charge is 0.272 e. The molecule has 10 nitrogen and oxygen atoms in total. The molecule has 7 N–H and O–H groups in total. The van der Waals surface area contributed by atoms with Gasteiger partial charge in [0.05, 0.1) is 17.2 Å². The fourth-order valence-corrected chi connectivity index (χ4v) is 3.13. The Balaban J connectivity index is 1.65. The molecule has 3 aromatic rings. The number of aryl methyl sites for hydroxylation is 2. The van der Waals surface area contributed by atoms with Crippen molar-refractivity contribution >= 4 is 34.9 Å². The lowest BCUT2D eigenvalue weighted by molar-refractivity contribution is 0.0945. The Morgan fingerprint density at radius 1 is 0.906 bits per heavy atom. The van der Waals surface area contributed by atoms with E-state index in [0.29, 0.717) is 22.8 Å². The van der Waals surface area contributed by atoms with Gasteiger partial charge in [-0.05, 0) is 12.1 Å². The number of hydrogen-bond acceptors (Lipinski definition) is 4. The van der Waals surface area contributed by atoms with Crippen molar-refractivity contribution < 1.29 is 9.59 Å². The molecule has 10 heteroatoms. The molecule has 0 saturated carbocycles. The number of amides is 2. The quantitative estimate of drug-likeness (QED) is 0.237. The molecule has 0 bridgehead atoms. The minimum atomic E-state index is -0.346. The van der Waals surface area contributed by atoms with E-state index in [-0.39, 0.29) is 36.5 Å². The fraction of sp³-hybridized carbons (Fsp3) is 0.182. The molecule has 0 saturated heterocycles. The largest absolute Gasteiger partial charge is 0.388 e. The van der Waals surface area contributed by atoms with Crippen LogP contribution in [0.25, 0.3) is 0 Å². The van der Waals surface area contributed by atoms with Crippen LogP contribution in [0.2, 0.25) is 0 Å². The summed E-state index contributed by atoms with van der Waals surface area (Å²) in [5, 5.41) is 23.9. The summed E-state index contributed by atoms with van der Waals surface area (Å²) < 4.78 is 3.27. The van der Waals surface area contributed by atoms with Gasteiger partial charge in [0.1, 0.15) is 17.2 Å². The third-order valence-corrected chi connectivity index (χ3v) is 4.74. The molecule has 0 radical (unpaired) electrons. The van der Waals surface area contributed by atoms with Gasteiger partial charge < -0.3 is 30.8 Å². The summed E-state index contributed by atoms with van der Waals surface area (Å²) in [5.74, 6) is -0.438. The number of rotatable bonds is 8. The van der Waals surface area contributed by atoms with E-state index in [1.54, 1.807) is 47.8 Å². The van der Waals surface area contributed by atoms with Crippen LogP contribution < -0.4 is 21.7 Å². The van der Waals surface area contributed by atoms with Gasteiger partial charge in [-0.1, -0.05) is 30.3 Å². The van der Waals surface area contributed by atoms with Crippen LogP contribution in [-0.4, -0.2) is 39.2 Å². The minimum Gasteiger partial charge on any atom is -0.388 e. The van der Waals surface area contributed by atoms with Gasteiger partial charge >= 0.3 is 0 Å². The molecule has 32 heavy (non-hydrogen) atoms. The first-order chi connectivity index (χ1) is 15.2. The first-order valence-corrected chi connectivity index (χ1v) is 9.90. The Kier molecular flexibility index (Phi) is 6.74. The van der Waals surface area contributed by atoms with Crippen LogP contribution in [0.4, 0.5) is 11.4 Å². The molecular weight excluding hydrogens is 408 g/mol. The third kappa shape index (κ3) is 5.42. The van der Waals surface area contributed by atoms with Crippen molar-refractivity contribution in [2.45, 2.75) is 6.42 Å². The SMILES string of the molecule is Cn1cc(NC(=O)c2cc(NC(=N)c3ccccc3)cn2C)cc1C(=O)NCCC(=N)N. The van der Waals surface area contributed by atoms with Crippen LogP contribution in [0, 0.1) is 10.8 Å². The predicted molar refractivity (Wildman–Crippen MR) is 125 cm³/mol. The van der Waals surface area contributed by atoms with Gasteiger partial charge in [0.15, 0.2) is 0 Å². The summed E-state index contributed by atoms with van der Waals surface area (Å²) in [6, 6.07) is 12.5. The second-order valence-corrected chi connectivity index (χ2v) is 7.30. The fourth-order valence-electron chi connectivity index (χ4n) is 3.13. The molecule has 0 fully saturated rings. The molecule has 1 aromatic carbocycles. The van der Waals surface area contributed by atoms with Gasteiger partial charge in [0.25, 0.3) is 11.8 Å². The lowest BCUT2D eigenvalue weighted by Gasteiger charge is -2.05. The Hall–Kier alpha value is -4.34. The molecule has 0 unspecified atom stereocenters. The van der Waals surface area contributed by atoms with E-state index in [4.69, 9.17) is 16.6 Å². The Morgan fingerprint density at radius 3 is 2.06 bits per heavy atom. The van der Waals surface area contributed by atoms with Crippen LogP contribution in [0.5, 0.6) is 0 Å². The van der Waals surface area contributed by atoms with Crippen LogP contribution in [-0.2, 0) is 14.1 Å². The van der Waals surface area contributed by atoms with Crippen molar-refractivity contribution in [3.63, 3.8) is 0 Å². The molecule has 0 aliphatic rings. The van der Waals surface area contributed by atoms with Crippen molar-refractivity contribution in [1.82, 2.24) is 14.5 Å². The molecule has 3 rings (SSSR count). The molecule has 2 amide bonds. The highest BCUT2D eigenvalue weighted by Crippen LogP contribution is 2.18. The number of amidine groups is 2. The third-order valence-electron chi connectivity index (χ3n) is 4.74. The van der Waals surface area contributed by atoms with Gasteiger partial charge in [-0.3, -0.25) is 20.4 Å². The standard InChI is InChI=1S/C22H26N8O2/c1-29-13-16(11-17(29)21(31)26-9-8-19(23)24)28-22(32)18-10-15(12-30(18)2)27-20(25)14-6-4-3-5-7-14/h3-7,10-13H,8-9H2,1-2H3,(H3,23,24)(H2,25,27)(H,26,31)(H,28,32). The van der Waals surface area contributed by atoms with E-state index in [9.17, 15) is 9.59 Å². The molecule has 0 aliphatic carbocycles. The maximum absolute atomic E-state index is 12.8. The van der Waals surface area contributed by atoms with Crippen molar-refractivity contribution in [3.05, 3.63) is 71.8 Å². The zero-order valence-electron chi connectivity index (χ0n) is 17.9. The van der Waals surface area contributed by atoms with Crippen LogP contribution in [0.15, 0.2) is 54.9 Å². The Morgan fingerprint density at radius 2 is 1.47 bits per heavy atom. The monoisotopic (exact) mass is 434 g/mol. The first kappa shape index (κ1) is 22.3. The van der Waals surface area contributed by atoms with E-state index in [1.807, 2.05) is 30.3 Å². The zero-order valence-corrected chi connectivity index (χ0v) is 17.9. The number of carbonyl (C=O) groups excluding carboxylic acids is 2. The lowest BCUT2D eigenvalue weighted by Crippen LogP contribution is -2.28. The molecule has 0 aliphatic heterocycles. The molecule has 0 atom stereocenters. The average Bonchev–Trinajstić information content (AvgIpc) is 3.30. The van der Waals surface area contributed by atoms with Crippen LogP contribution in [0.1, 0.15) is 33.0 Å². The average molecular weight is 435 g/mol. The Labute approximate surface area is 185 Å². The van der Waals surface area contributed by atoms with E-state index in [1.165, 1.54) is 0 Å². The van der Waals surface area contributed by atoms with Gasteiger partial charge in [-0.15, -0.1) is 0 Å². The summed E-state index contributed by atoms with van der Waals surface area (Å²) in [4.78, 5) is 25.1. The number of aromatic nitrogens is 2. The van der Waals surface area contributed by atoms with E-state index in [0.717, 1.165) is 5.56 Å². The van der Waals surface area contributed by atoms with Gasteiger partial charge in [-0.25, -0.2) is 0 Å². The highest BCUT2D eigenvalue weighted by atomic mass is 16.2. The summed E-state index contributed by atoms with van der Waals surface area (Å²) in [5.41, 5.74) is 7.88. The summed E-state index contributed by atoms with van der Waals surface area (Å²) >= 11 is 0. The highest BCUT2D eigenvalue weighted by Gasteiger charge is 2.16. The number of nitrogens with two attached hydrogens (primary N) is 1. The molecular formula is C22H26N8O2. The zero-order chi connectivity index (χ0) is 23.3. The second-order valence-electron chi connectivity index (χ2n) is 7.30. The number of benzene rings is 1. The minimum absolute atomic E-state index is 0.000432. The number of carbonyl (C=O) groups is 2. The maximum Gasteiger partial charge on any atom is 0.272 e. The first-order valence-electron chi connectivity index (χ1n) is 9.90. The predicted octanol–water partition coefficient (Wildman–Crippen LogP) is 2.11. The maximum atomic E-state index is 12.8. The van der Waals surface area contributed by atoms with Gasteiger partial charge in [-0.2, -0.15) is 0 Å². The summed E-state index contributed by atoms with van der Waals surface area (Å²) in [6.45, 7) is 0.262. The second kappa shape index (κ2) is 9.65. The van der Waals surface area contributed by atoms with Crippen LogP contribution >= 0.6 is 0 Å². The summed E-state index contributed by atoms with van der Waals surface area (Å²) in [6.07, 6.45) is 3.64. The van der Waals surface area contributed by atoms with E-state index < -0.39 is 0 Å². The molecule has 166 valence electrons. The summed E-state index contributed by atoms with van der Waals surface area (Å²) in [7, 11) is 3.44. The normalized spacial score (nSPS) is 10.4. The molecule has 2 heterocycles.